The highest BCUT2D eigenvalue weighted by molar-refractivity contribution is 7.14. The molecule has 1 aliphatic rings. The normalized spacial score (nSPS) is 14.0. The Balaban J connectivity index is 1.45. The van der Waals surface area contributed by atoms with E-state index in [4.69, 9.17) is 4.42 Å². The number of thiazole rings is 1. The lowest BCUT2D eigenvalue weighted by Crippen LogP contribution is -2.23. The summed E-state index contributed by atoms with van der Waals surface area (Å²) in [7, 11) is 0. The summed E-state index contributed by atoms with van der Waals surface area (Å²) in [5.74, 6) is 1.39. The maximum atomic E-state index is 12.4. The monoisotopic (exact) mass is 367 g/mol. The molecule has 0 radical (unpaired) electrons. The zero-order chi connectivity index (χ0) is 18.1. The Labute approximate surface area is 154 Å². The first-order chi connectivity index (χ1) is 12.6. The lowest BCUT2D eigenvalue weighted by atomic mass is 10.2. The van der Waals surface area contributed by atoms with Gasteiger partial charge in [0.15, 0.2) is 10.9 Å². The highest BCUT2D eigenvalue weighted by atomic mass is 32.1. The van der Waals surface area contributed by atoms with Crippen LogP contribution in [0.1, 0.15) is 29.0 Å². The molecule has 0 unspecified atom stereocenters. The predicted molar refractivity (Wildman–Crippen MR) is 101 cm³/mol. The summed E-state index contributed by atoms with van der Waals surface area (Å²) in [6.45, 7) is 2.61. The van der Waals surface area contributed by atoms with Crippen LogP contribution in [0.15, 0.2) is 46.2 Å². The third-order valence-corrected chi connectivity index (χ3v) is 4.99. The minimum absolute atomic E-state index is 0.130. The number of benzene rings is 1. The quantitative estimate of drug-likeness (QED) is 0.753. The van der Waals surface area contributed by atoms with E-state index in [1.165, 1.54) is 11.3 Å². The van der Waals surface area contributed by atoms with Crippen molar-refractivity contribution in [2.45, 2.75) is 19.8 Å². The fourth-order valence-corrected chi connectivity index (χ4v) is 3.59. The van der Waals surface area contributed by atoms with E-state index in [0.29, 0.717) is 28.6 Å². The Morgan fingerprint density at radius 3 is 2.69 bits per heavy atom. The number of furan rings is 1. The number of nitrogens with one attached hydrogen (secondary N) is 1. The van der Waals surface area contributed by atoms with E-state index in [1.807, 2.05) is 24.4 Å². The first-order valence-corrected chi connectivity index (χ1v) is 9.22. The number of nitrogens with zero attached hydrogens (tertiary/aromatic N) is 2. The number of aromatic nitrogens is 1. The Hall–Kier alpha value is -2.93. The molecule has 0 spiro atoms. The minimum atomic E-state index is -0.235. The minimum Gasteiger partial charge on any atom is -0.460 e. The van der Waals surface area contributed by atoms with Gasteiger partial charge in [-0.2, -0.15) is 0 Å². The molecule has 1 aromatic carbocycles. The van der Waals surface area contributed by atoms with Crippen molar-refractivity contribution >= 4 is 34.0 Å². The summed E-state index contributed by atoms with van der Waals surface area (Å²) in [5, 5.41) is 5.15. The molecule has 3 aromatic rings. The van der Waals surface area contributed by atoms with Gasteiger partial charge in [0.05, 0.1) is 0 Å². The van der Waals surface area contributed by atoms with E-state index in [1.54, 1.807) is 29.2 Å². The molecule has 1 aliphatic heterocycles. The largest absolute Gasteiger partial charge is 0.460 e. The fourth-order valence-electron chi connectivity index (χ4n) is 2.90. The Morgan fingerprint density at radius 1 is 1.23 bits per heavy atom. The molecule has 0 atom stereocenters. The summed E-state index contributed by atoms with van der Waals surface area (Å²) < 4.78 is 5.54. The van der Waals surface area contributed by atoms with Crippen LogP contribution in [0, 0.1) is 6.92 Å². The molecular formula is C19H17N3O3S. The van der Waals surface area contributed by atoms with E-state index in [0.717, 1.165) is 24.4 Å². The van der Waals surface area contributed by atoms with E-state index in [9.17, 15) is 9.59 Å². The highest BCUT2D eigenvalue weighted by Gasteiger charge is 2.21. The predicted octanol–water partition coefficient (Wildman–Crippen LogP) is 4.09. The van der Waals surface area contributed by atoms with Crippen LogP contribution in [0.5, 0.6) is 0 Å². The molecular weight excluding hydrogens is 350 g/mol. The molecule has 6 nitrogen and oxygen atoms in total. The van der Waals surface area contributed by atoms with Crippen molar-refractivity contribution in [3.63, 3.8) is 0 Å². The van der Waals surface area contributed by atoms with Crippen molar-refractivity contribution in [1.29, 1.82) is 0 Å². The molecule has 0 bridgehead atoms. The molecule has 1 fully saturated rings. The first kappa shape index (κ1) is 16.5. The SMILES string of the molecule is Cc1ccc(-c2csc(NC(=O)c3ccc(N4CCCC4=O)cc3)n2)o1. The third-order valence-electron chi connectivity index (χ3n) is 4.23. The van der Waals surface area contributed by atoms with Gasteiger partial charge in [0.25, 0.3) is 5.91 Å². The van der Waals surface area contributed by atoms with Crippen LogP contribution in [0.2, 0.25) is 0 Å². The number of rotatable bonds is 4. The Bertz CT molecular complexity index is 959. The van der Waals surface area contributed by atoms with Crippen LogP contribution in [-0.2, 0) is 4.79 Å². The summed E-state index contributed by atoms with van der Waals surface area (Å²) in [5.41, 5.74) is 2.04. The van der Waals surface area contributed by atoms with Gasteiger partial charge in [-0.25, -0.2) is 4.98 Å². The van der Waals surface area contributed by atoms with Crippen LogP contribution in [0.3, 0.4) is 0 Å². The number of carbonyl (C=O) groups excluding carboxylic acids is 2. The molecule has 3 heterocycles. The Kier molecular flexibility index (Phi) is 4.30. The van der Waals surface area contributed by atoms with E-state index < -0.39 is 0 Å². The van der Waals surface area contributed by atoms with E-state index in [2.05, 4.69) is 10.3 Å². The van der Waals surface area contributed by atoms with Crippen molar-refractivity contribution in [3.8, 4) is 11.5 Å². The molecule has 1 saturated heterocycles. The van der Waals surface area contributed by atoms with Gasteiger partial charge in [0, 0.05) is 29.6 Å². The molecule has 1 N–H and O–H groups in total. The van der Waals surface area contributed by atoms with Gasteiger partial charge in [-0.05, 0) is 49.7 Å². The van der Waals surface area contributed by atoms with Gasteiger partial charge in [0.2, 0.25) is 5.91 Å². The fraction of sp³-hybridized carbons (Fsp3) is 0.211. The van der Waals surface area contributed by atoms with Gasteiger partial charge in [-0.15, -0.1) is 11.3 Å². The van der Waals surface area contributed by atoms with Crippen LogP contribution in [-0.4, -0.2) is 23.3 Å². The second-order valence-electron chi connectivity index (χ2n) is 6.10. The van der Waals surface area contributed by atoms with Gasteiger partial charge in [0.1, 0.15) is 11.5 Å². The third kappa shape index (κ3) is 3.25. The molecule has 0 aliphatic carbocycles. The number of anilines is 2. The van der Waals surface area contributed by atoms with Crippen LogP contribution in [0.4, 0.5) is 10.8 Å². The molecule has 26 heavy (non-hydrogen) atoms. The molecule has 4 rings (SSSR count). The van der Waals surface area contributed by atoms with Crippen molar-refractivity contribution in [2.24, 2.45) is 0 Å². The summed E-state index contributed by atoms with van der Waals surface area (Å²) in [6.07, 6.45) is 1.46. The maximum Gasteiger partial charge on any atom is 0.257 e. The highest BCUT2D eigenvalue weighted by Crippen LogP contribution is 2.27. The van der Waals surface area contributed by atoms with Crippen LogP contribution >= 0.6 is 11.3 Å². The van der Waals surface area contributed by atoms with E-state index >= 15 is 0 Å². The number of carbonyl (C=O) groups is 2. The van der Waals surface area contributed by atoms with Crippen LogP contribution in [0.25, 0.3) is 11.5 Å². The van der Waals surface area contributed by atoms with Crippen molar-refractivity contribution in [2.75, 3.05) is 16.8 Å². The zero-order valence-electron chi connectivity index (χ0n) is 14.2. The van der Waals surface area contributed by atoms with E-state index in [-0.39, 0.29) is 11.8 Å². The summed E-state index contributed by atoms with van der Waals surface area (Å²) >= 11 is 1.34. The van der Waals surface area contributed by atoms with Crippen molar-refractivity contribution in [3.05, 3.63) is 53.1 Å². The lowest BCUT2D eigenvalue weighted by Gasteiger charge is -2.15. The summed E-state index contributed by atoms with van der Waals surface area (Å²) in [6, 6.07) is 10.8. The number of aryl methyl sites for hydroxylation is 1. The second kappa shape index (κ2) is 6.76. The van der Waals surface area contributed by atoms with Crippen molar-refractivity contribution in [1.82, 2.24) is 4.98 Å². The molecule has 2 amide bonds. The van der Waals surface area contributed by atoms with Gasteiger partial charge < -0.3 is 9.32 Å². The smallest absolute Gasteiger partial charge is 0.257 e. The Morgan fingerprint density at radius 2 is 2.04 bits per heavy atom. The molecule has 132 valence electrons. The average Bonchev–Trinajstić information content (AvgIpc) is 3.36. The lowest BCUT2D eigenvalue weighted by molar-refractivity contribution is -0.117. The number of hydrogen-bond acceptors (Lipinski definition) is 5. The molecule has 0 saturated carbocycles. The second-order valence-corrected chi connectivity index (χ2v) is 6.96. The zero-order valence-corrected chi connectivity index (χ0v) is 15.0. The van der Waals surface area contributed by atoms with Crippen molar-refractivity contribution < 1.29 is 14.0 Å². The van der Waals surface area contributed by atoms with Gasteiger partial charge in [-0.3, -0.25) is 14.9 Å². The summed E-state index contributed by atoms with van der Waals surface area (Å²) in [4.78, 5) is 30.3. The first-order valence-electron chi connectivity index (χ1n) is 8.34. The topological polar surface area (TPSA) is 75.4 Å². The van der Waals surface area contributed by atoms with Gasteiger partial charge in [-0.1, -0.05) is 0 Å². The average molecular weight is 367 g/mol. The van der Waals surface area contributed by atoms with Crippen LogP contribution < -0.4 is 10.2 Å². The molecule has 7 heteroatoms. The molecule has 2 aromatic heterocycles. The number of hydrogen-bond donors (Lipinski definition) is 1. The maximum absolute atomic E-state index is 12.4. The number of amides is 2. The standard InChI is InChI=1S/C19H17N3O3S/c1-12-4-9-16(25-12)15-11-26-19(20-15)21-18(24)13-5-7-14(8-6-13)22-10-2-3-17(22)23/h4-9,11H,2-3,10H2,1H3,(H,20,21,24). The van der Waals surface area contributed by atoms with Gasteiger partial charge >= 0.3 is 0 Å².